The number of aryl methyl sites for hydroxylation is 1. The van der Waals surface area contributed by atoms with Crippen molar-refractivity contribution in [1.29, 1.82) is 0 Å². The van der Waals surface area contributed by atoms with Crippen molar-refractivity contribution >= 4 is 23.4 Å². The van der Waals surface area contributed by atoms with E-state index < -0.39 is 5.95 Å². The number of hydrogen-bond acceptors (Lipinski definition) is 7. The number of methoxy groups -OCH3 is 2. The molecule has 0 saturated carbocycles. The van der Waals surface area contributed by atoms with Gasteiger partial charge in [0.05, 0.1) is 30.9 Å². The number of ether oxygens (including phenoxy) is 2. The molecule has 1 amide bonds. The van der Waals surface area contributed by atoms with Gasteiger partial charge in [0.25, 0.3) is 5.03 Å². The van der Waals surface area contributed by atoms with Crippen LogP contribution in [0.4, 0.5) is 5.69 Å². The summed E-state index contributed by atoms with van der Waals surface area (Å²) in [6.07, 6.45) is 0. The van der Waals surface area contributed by atoms with Crippen LogP contribution in [0.25, 0.3) is 0 Å². The van der Waals surface area contributed by atoms with E-state index in [1.54, 1.807) is 32.4 Å². The second-order valence-electron chi connectivity index (χ2n) is 4.19. The number of carbonyl (C=O) groups is 1. The Morgan fingerprint density at radius 2 is 2.23 bits per heavy atom. The molecule has 118 valence electrons. The number of amides is 1. The number of carbonyl (C=O) groups excluding carboxylic acids is 1. The maximum absolute atomic E-state index is 12.0. The monoisotopic (exact) mass is 325 g/mol. The zero-order valence-electron chi connectivity index (χ0n) is 12.3. The Morgan fingerprint density at radius 3 is 2.82 bits per heavy atom. The molecule has 0 unspecified atom stereocenters. The maximum Gasteiger partial charge on any atom is 0.291 e. The Bertz CT molecular complexity index is 654. The molecule has 22 heavy (non-hydrogen) atoms. The molecule has 0 aliphatic rings. The smallest absolute Gasteiger partial charge is 0.291 e. The van der Waals surface area contributed by atoms with E-state index in [0.717, 1.165) is 11.8 Å². The van der Waals surface area contributed by atoms with Crippen LogP contribution in [-0.2, 0) is 11.8 Å². The zero-order chi connectivity index (χ0) is 16.1. The minimum absolute atomic E-state index is 0.0411. The first-order chi connectivity index (χ1) is 10.5. The van der Waals surface area contributed by atoms with Crippen molar-refractivity contribution in [1.82, 2.24) is 5.27 Å². The van der Waals surface area contributed by atoms with Gasteiger partial charge in [-0.1, -0.05) is 4.68 Å². The third kappa shape index (κ3) is 3.61. The fourth-order valence-electron chi connectivity index (χ4n) is 1.68. The number of benzene rings is 1. The standard InChI is InChI=1S/C13H15N3O5S/c1-16-12(13(18)21-15-16)22-7-11(17)14-9-5-4-8(19-2)6-10(9)20-3/h4-6H,7H2,1-3H3,(H-,14,15,17,18). The summed E-state index contributed by atoms with van der Waals surface area (Å²) in [6, 6.07) is 5.05. The Labute approximate surface area is 131 Å². The molecular weight excluding hydrogens is 310 g/mol. The Hall–Kier alpha value is -2.42. The zero-order valence-corrected chi connectivity index (χ0v) is 13.1. The lowest BCUT2D eigenvalue weighted by Gasteiger charge is -2.11. The molecule has 0 aliphatic heterocycles. The van der Waals surface area contributed by atoms with Crippen LogP contribution in [0.15, 0.2) is 27.7 Å². The predicted molar refractivity (Wildman–Crippen MR) is 76.0 cm³/mol. The molecule has 1 N–H and O–H groups in total. The van der Waals surface area contributed by atoms with Crippen LogP contribution >= 0.6 is 11.8 Å². The quantitative estimate of drug-likeness (QED) is 0.603. The number of hydrogen-bond donors (Lipinski definition) is 1. The van der Waals surface area contributed by atoms with E-state index in [0.29, 0.717) is 17.2 Å². The van der Waals surface area contributed by atoms with Gasteiger partial charge in [-0.2, -0.15) is 0 Å². The summed E-state index contributed by atoms with van der Waals surface area (Å²) in [6.45, 7) is 0. The van der Waals surface area contributed by atoms with E-state index in [-0.39, 0.29) is 16.7 Å². The number of rotatable bonds is 6. The molecule has 2 aromatic rings. The van der Waals surface area contributed by atoms with Crippen LogP contribution < -0.4 is 24.6 Å². The van der Waals surface area contributed by atoms with Crippen molar-refractivity contribution in [3.63, 3.8) is 0 Å². The Balaban J connectivity index is 2.00. The lowest BCUT2D eigenvalue weighted by Crippen LogP contribution is -2.32. The summed E-state index contributed by atoms with van der Waals surface area (Å²) >= 11 is 1.05. The average Bonchev–Trinajstić information content (AvgIpc) is 2.84. The maximum atomic E-state index is 12.0. The molecule has 0 saturated heterocycles. The fraction of sp³-hybridized carbons (Fsp3) is 0.308. The summed E-state index contributed by atoms with van der Waals surface area (Å²) < 4.78 is 16.0. The predicted octanol–water partition coefficient (Wildman–Crippen LogP) is 0.321. The molecule has 1 aromatic heterocycles. The van der Waals surface area contributed by atoms with Crippen molar-refractivity contribution in [3.8, 4) is 17.4 Å². The number of nitrogens with one attached hydrogen (secondary N) is 1. The molecule has 0 bridgehead atoms. The molecule has 8 nitrogen and oxygen atoms in total. The van der Waals surface area contributed by atoms with Crippen molar-refractivity contribution in [2.24, 2.45) is 7.05 Å². The third-order valence-electron chi connectivity index (χ3n) is 2.74. The van der Waals surface area contributed by atoms with Crippen molar-refractivity contribution in [3.05, 3.63) is 18.2 Å². The van der Waals surface area contributed by atoms with Gasteiger partial charge in [-0.15, -0.1) is 0 Å². The number of nitrogens with zero attached hydrogens (tertiary/aromatic N) is 2. The van der Waals surface area contributed by atoms with Crippen LogP contribution in [0.2, 0.25) is 0 Å². The van der Waals surface area contributed by atoms with E-state index in [2.05, 4.69) is 15.1 Å². The van der Waals surface area contributed by atoms with Gasteiger partial charge in [0.1, 0.15) is 11.5 Å². The summed E-state index contributed by atoms with van der Waals surface area (Å²) in [4.78, 5) is 12.0. The van der Waals surface area contributed by atoms with E-state index in [4.69, 9.17) is 9.47 Å². The molecule has 0 fully saturated rings. The SMILES string of the molecule is COc1ccc(NC(=O)CSc2c([O-])on[n+]2C)c(OC)c1. The van der Waals surface area contributed by atoms with E-state index in [1.807, 2.05) is 0 Å². The summed E-state index contributed by atoms with van der Waals surface area (Å²) in [5.41, 5.74) is 0.519. The van der Waals surface area contributed by atoms with Crippen molar-refractivity contribution in [2.75, 3.05) is 25.3 Å². The second-order valence-corrected chi connectivity index (χ2v) is 5.16. The number of aromatic nitrogens is 2. The highest BCUT2D eigenvalue weighted by atomic mass is 32.2. The highest BCUT2D eigenvalue weighted by Gasteiger charge is 2.16. The van der Waals surface area contributed by atoms with Gasteiger partial charge < -0.3 is 24.4 Å². The van der Waals surface area contributed by atoms with Gasteiger partial charge in [-0.25, -0.2) is 0 Å². The summed E-state index contributed by atoms with van der Waals surface area (Å²) in [5.74, 6) is 0.297. The normalized spacial score (nSPS) is 10.3. The molecule has 0 atom stereocenters. The fourth-order valence-corrected chi connectivity index (χ4v) is 2.40. The van der Waals surface area contributed by atoms with E-state index in [9.17, 15) is 9.90 Å². The Morgan fingerprint density at radius 1 is 1.45 bits per heavy atom. The van der Waals surface area contributed by atoms with Gasteiger partial charge in [0, 0.05) is 6.07 Å². The lowest BCUT2D eigenvalue weighted by molar-refractivity contribution is -0.772. The first-order valence-electron chi connectivity index (χ1n) is 6.22. The van der Waals surface area contributed by atoms with E-state index in [1.165, 1.54) is 11.8 Å². The second kappa shape index (κ2) is 7.03. The summed E-state index contributed by atoms with van der Waals surface area (Å²) in [7, 11) is 4.61. The first-order valence-corrected chi connectivity index (χ1v) is 7.21. The molecule has 2 rings (SSSR count). The lowest BCUT2D eigenvalue weighted by atomic mass is 10.2. The summed E-state index contributed by atoms with van der Waals surface area (Å²) in [5, 5.41) is 17.8. The van der Waals surface area contributed by atoms with Gasteiger partial charge in [-0.05, 0) is 23.9 Å². The first kappa shape index (κ1) is 16.0. The largest absolute Gasteiger partial charge is 0.538 e. The number of anilines is 1. The highest BCUT2D eigenvalue weighted by molar-refractivity contribution is 7.99. The molecule has 1 aromatic carbocycles. The van der Waals surface area contributed by atoms with Gasteiger partial charge >= 0.3 is 0 Å². The topological polar surface area (TPSA) is 101 Å². The average molecular weight is 325 g/mol. The van der Waals surface area contributed by atoms with E-state index >= 15 is 0 Å². The van der Waals surface area contributed by atoms with Crippen LogP contribution in [0.1, 0.15) is 0 Å². The molecular formula is C13H15N3O5S. The van der Waals surface area contributed by atoms with Gasteiger partial charge in [-0.3, -0.25) is 4.79 Å². The molecule has 0 spiro atoms. The molecule has 0 radical (unpaired) electrons. The van der Waals surface area contributed by atoms with Crippen LogP contribution in [0.3, 0.4) is 0 Å². The van der Waals surface area contributed by atoms with Gasteiger partial charge in [0.2, 0.25) is 5.91 Å². The van der Waals surface area contributed by atoms with Crippen LogP contribution in [0.5, 0.6) is 17.4 Å². The van der Waals surface area contributed by atoms with Crippen molar-refractivity contribution in [2.45, 2.75) is 5.03 Å². The van der Waals surface area contributed by atoms with Crippen LogP contribution in [0, 0.1) is 0 Å². The third-order valence-corrected chi connectivity index (χ3v) is 3.85. The molecule has 1 heterocycles. The minimum atomic E-state index is -0.567. The minimum Gasteiger partial charge on any atom is -0.538 e. The van der Waals surface area contributed by atoms with Crippen molar-refractivity contribution < 1.29 is 28.6 Å². The Kier molecular flexibility index (Phi) is 5.10. The van der Waals surface area contributed by atoms with Gasteiger partial charge in [0.15, 0.2) is 13.0 Å². The number of thioether (sulfide) groups is 1. The van der Waals surface area contributed by atoms with Crippen LogP contribution in [-0.4, -0.2) is 31.2 Å². The molecule has 0 aliphatic carbocycles. The highest BCUT2D eigenvalue weighted by Crippen LogP contribution is 2.29. The molecule has 9 heteroatoms.